The number of thiol groups is 1. The fraction of sp³-hybridized carbons (Fsp3) is 0.133. The minimum absolute atomic E-state index is 0.786. The Morgan fingerprint density at radius 1 is 0.889 bits per heavy atom. The number of rotatable bonds is 2. The summed E-state index contributed by atoms with van der Waals surface area (Å²) in [6, 6.07) is 17.6. The molecule has 18 heavy (non-hydrogen) atoms. The summed E-state index contributed by atoms with van der Waals surface area (Å²) in [4.78, 5) is 0.924. The summed E-state index contributed by atoms with van der Waals surface area (Å²) >= 11 is 4.25. The quantitative estimate of drug-likeness (QED) is 0.366. The Hall–Kier alpha value is -1.74. The van der Waals surface area contributed by atoms with Crippen LogP contribution in [0, 0.1) is 0 Å². The van der Waals surface area contributed by atoms with E-state index in [-0.39, 0.29) is 0 Å². The molecular formula is C15H18N2S. The van der Waals surface area contributed by atoms with Crippen molar-refractivity contribution in [3.63, 3.8) is 0 Å². The molecule has 0 fully saturated rings. The van der Waals surface area contributed by atoms with Gasteiger partial charge in [-0.1, -0.05) is 56.3 Å². The molecule has 0 unspecified atom stereocenters. The van der Waals surface area contributed by atoms with Crippen LogP contribution in [0.4, 0.5) is 0 Å². The average molecular weight is 258 g/mol. The van der Waals surface area contributed by atoms with Crippen LogP contribution >= 0.6 is 12.6 Å². The standard InChI is InChI=1S/C13H12N2S.C2H6/c14-15-13(10-4-2-1-3-5-10)11-6-8-12(16)9-7-11;1-2/h1-9,16H,14H2;1-2H3/b15-13+;. The normalized spacial score (nSPS) is 10.5. The van der Waals surface area contributed by atoms with E-state index in [1.165, 1.54) is 0 Å². The highest BCUT2D eigenvalue weighted by atomic mass is 32.1. The molecule has 0 radical (unpaired) electrons. The van der Waals surface area contributed by atoms with Crippen LogP contribution in [0.2, 0.25) is 0 Å². The molecule has 0 spiro atoms. The van der Waals surface area contributed by atoms with Gasteiger partial charge in [-0.05, 0) is 12.1 Å². The van der Waals surface area contributed by atoms with Crippen molar-refractivity contribution in [1.29, 1.82) is 0 Å². The van der Waals surface area contributed by atoms with E-state index in [9.17, 15) is 0 Å². The third-order valence-electron chi connectivity index (χ3n) is 2.32. The highest BCUT2D eigenvalue weighted by Crippen LogP contribution is 2.13. The summed E-state index contributed by atoms with van der Waals surface area (Å²) < 4.78 is 0. The summed E-state index contributed by atoms with van der Waals surface area (Å²) in [5.74, 6) is 5.44. The molecule has 3 heteroatoms. The van der Waals surface area contributed by atoms with Gasteiger partial charge in [0.2, 0.25) is 0 Å². The number of nitrogens with two attached hydrogens (primary N) is 1. The van der Waals surface area contributed by atoms with Crippen molar-refractivity contribution in [1.82, 2.24) is 0 Å². The molecule has 2 aromatic carbocycles. The molecule has 0 aliphatic carbocycles. The van der Waals surface area contributed by atoms with Crippen LogP contribution in [-0.4, -0.2) is 5.71 Å². The van der Waals surface area contributed by atoms with Gasteiger partial charge in [0.05, 0.1) is 5.71 Å². The van der Waals surface area contributed by atoms with Crippen LogP contribution < -0.4 is 5.84 Å². The number of hydrogen-bond acceptors (Lipinski definition) is 3. The summed E-state index contributed by atoms with van der Waals surface area (Å²) in [5.41, 5.74) is 2.79. The van der Waals surface area contributed by atoms with E-state index in [4.69, 9.17) is 5.84 Å². The van der Waals surface area contributed by atoms with E-state index in [0.717, 1.165) is 21.7 Å². The molecule has 0 aliphatic rings. The summed E-state index contributed by atoms with van der Waals surface area (Å²) in [6.45, 7) is 4.00. The fourth-order valence-electron chi connectivity index (χ4n) is 1.53. The number of hydrazone groups is 1. The second-order valence-electron chi connectivity index (χ2n) is 3.39. The maximum Gasteiger partial charge on any atom is 0.0971 e. The molecule has 2 rings (SSSR count). The predicted molar refractivity (Wildman–Crippen MR) is 81.3 cm³/mol. The number of benzene rings is 2. The molecule has 0 aliphatic heterocycles. The van der Waals surface area contributed by atoms with Crippen LogP contribution in [0.25, 0.3) is 0 Å². The Morgan fingerprint density at radius 3 is 1.89 bits per heavy atom. The van der Waals surface area contributed by atoms with Gasteiger partial charge in [-0.15, -0.1) is 12.6 Å². The molecule has 0 aromatic heterocycles. The zero-order valence-corrected chi connectivity index (χ0v) is 11.6. The topological polar surface area (TPSA) is 38.4 Å². The van der Waals surface area contributed by atoms with Crippen LogP contribution in [0.5, 0.6) is 0 Å². The van der Waals surface area contributed by atoms with Crippen LogP contribution in [0.1, 0.15) is 25.0 Å². The van der Waals surface area contributed by atoms with Crippen molar-refractivity contribution in [2.24, 2.45) is 10.9 Å². The van der Waals surface area contributed by atoms with E-state index in [1.54, 1.807) is 0 Å². The lowest BCUT2D eigenvalue weighted by atomic mass is 10.0. The fourth-order valence-corrected chi connectivity index (χ4v) is 1.68. The van der Waals surface area contributed by atoms with Gasteiger partial charge >= 0.3 is 0 Å². The Labute approximate surface area is 114 Å². The van der Waals surface area contributed by atoms with E-state index < -0.39 is 0 Å². The molecule has 2 nitrogen and oxygen atoms in total. The molecule has 2 N–H and O–H groups in total. The van der Waals surface area contributed by atoms with Crippen molar-refractivity contribution < 1.29 is 0 Å². The van der Waals surface area contributed by atoms with Crippen LogP contribution in [-0.2, 0) is 0 Å². The molecule has 0 amide bonds. The Bertz CT molecular complexity index is 490. The highest BCUT2D eigenvalue weighted by molar-refractivity contribution is 7.80. The molecule has 0 atom stereocenters. The van der Waals surface area contributed by atoms with Gasteiger partial charge in [-0.2, -0.15) is 5.10 Å². The molecule has 94 valence electrons. The first kappa shape index (κ1) is 14.3. The second-order valence-corrected chi connectivity index (χ2v) is 3.91. The first-order valence-electron chi connectivity index (χ1n) is 5.94. The first-order chi connectivity index (χ1) is 8.81. The summed E-state index contributed by atoms with van der Waals surface area (Å²) in [5, 5.41) is 3.85. The van der Waals surface area contributed by atoms with Gasteiger partial charge in [0.25, 0.3) is 0 Å². The average Bonchev–Trinajstić information content (AvgIpc) is 2.45. The lowest BCUT2D eigenvalue weighted by Gasteiger charge is -2.05. The molecule has 0 saturated heterocycles. The van der Waals surface area contributed by atoms with Crippen LogP contribution in [0.3, 0.4) is 0 Å². The molecule has 0 saturated carbocycles. The lowest BCUT2D eigenvalue weighted by Crippen LogP contribution is -2.05. The minimum atomic E-state index is 0.786. The highest BCUT2D eigenvalue weighted by Gasteiger charge is 2.05. The van der Waals surface area contributed by atoms with E-state index in [0.29, 0.717) is 0 Å². The third kappa shape index (κ3) is 3.64. The van der Waals surface area contributed by atoms with Gasteiger partial charge in [0, 0.05) is 16.0 Å². The minimum Gasteiger partial charge on any atom is -0.323 e. The van der Waals surface area contributed by atoms with Gasteiger partial charge < -0.3 is 5.84 Å². The number of hydrogen-bond donors (Lipinski definition) is 2. The molecule has 0 bridgehead atoms. The van der Waals surface area contributed by atoms with Crippen molar-refractivity contribution in [3.05, 3.63) is 65.7 Å². The monoisotopic (exact) mass is 258 g/mol. The smallest absolute Gasteiger partial charge is 0.0971 e. The lowest BCUT2D eigenvalue weighted by molar-refractivity contribution is 1.24. The van der Waals surface area contributed by atoms with E-state index >= 15 is 0 Å². The second kappa shape index (κ2) is 7.56. The molecule has 0 heterocycles. The zero-order valence-electron chi connectivity index (χ0n) is 10.7. The van der Waals surface area contributed by atoms with Gasteiger partial charge in [0.1, 0.15) is 0 Å². The summed E-state index contributed by atoms with van der Waals surface area (Å²) in [7, 11) is 0. The van der Waals surface area contributed by atoms with E-state index in [1.807, 2.05) is 68.4 Å². The molecular weight excluding hydrogens is 240 g/mol. The number of nitrogens with zero attached hydrogens (tertiary/aromatic N) is 1. The predicted octanol–water partition coefficient (Wildman–Crippen LogP) is 3.71. The Morgan fingerprint density at radius 2 is 1.39 bits per heavy atom. The van der Waals surface area contributed by atoms with E-state index in [2.05, 4.69) is 17.7 Å². The maximum absolute atomic E-state index is 5.44. The largest absolute Gasteiger partial charge is 0.323 e. The molecule has 2 aromatic rings. The third-order valence-corrected chi connectivity index (χ3v) is 2.62. The Kier molecular flexibility index (Phi) is 6.01. The SMILES string of the molecule is CC.N/N=C(\c1ccccc1)c1ccc(S)cc1. The maximum atomic E-state index is 5.44. The summed E-state index contributed by atoms with van der Waals surface area (Å²) in [6.07, 6.45) is 0. The Balaban J connectivity index is 0.000000771. The van der Waals surface area contributed by atoms with Crippen LogP contribution in [0.15, 0.2) is 64.6 Å². The van der Waals surface area contributed by atoms with Crippen molar-refractivity contribution in [2.75, 3.05) is 0 Å². The first-order valence-corrected chi connectivity index (χ1v) is 6.38. The zero-order chi connectivity index (χ0) is 13.4. The van der Waals surface area contributed by atoms with Crippen molar-refractivity contribution >= 4 is 18.3 Å². The van der Waals surface area contributed by atoms with Gasteiger partial charge in [-0.25, -0.2) is 0 Å². The van der Waals surface area contributed by atoms with Gasteiger partial charge in [0.15, 0.2) is 0 Å². The van der Waals surface area contributed by atoms with Crippen molar-refractivity contribution in [3.8, 4) is 0 Å². The van der Waals surface area contributed by atoms with Gasteiger partial charge in [-0.3, -0.25) is 0 Å². The van der Waals surface area contributed by atoms with Crippen molar-refractivity contribution in [2.45, 2.75) is 18.7 Å².